The van der Waals surface area contributed by atoms with Gasteiger partial charge in [-0.2, -0.15) is 0 Å². The number of carbonyl (C=O) groups excluding carboxylic acids is 1. The Kier molecular flexibility index (Phi) is 4.89. The molecule has 2 bridgehead atoms. The van der Waals surface area contributed by atoms with Crippen molar-refractivity contribution in [1.82, 2.24) is 24.0 Å². The molecule has 0 radical (unpaired) electrons. The molecule has 0 spiro atoms. The summed E-state index contributed by atoms with van der Waals surface area (Å²) >= 11 is 0. The van der Waals surface area contributed by atoms with Crippen molar-refractivity contribution in [3.8, 4) is 0 Å². The summed E-state index contributed by atoms with van der Waals surface area (Å²) in [7, 11) is 3.07. The van der Waals surface area contributed by atoms with Gasteiger partial charge in [0.25, 0.3) is 5.56 Å². The number of rotatable bonds is 6. The summed E-state index contributed by atoms with van der Waals surface area (Å²) < 4.78 is 4.20. The zero-order valence-electron chi connectivity index (χ0n) is 16.9. The van der Waals surface area contributed by atoms with Crippen molar-refractivity contribution in [3.63, 3.8) is 0 Å². The van der Waals surface area contributed by atoms with Crippen LogP contribution in [0.25, 0.3) is 11.2 Å². The summed E-state index contributed by atoms with van der Waals surface area (Å²) in [6.45, 7) is 2.65. The predicted octanol–water partition coefficient (Wildman–Crippen LogP) is 1.15. The van der Waals surface area contributed by atoms with Crippen molar-refractivity contribution in [3.05, 3.63) is 27.2 Å². The molecule has 1 amide bonds. The van der Waals surface area contributed by atoms with Crippen LogP contribution < -0.4 is 16.6 Å². The average Bonchev–Trinajstić information content (AvgIpc) is 3.40. The van der Waals surface area contributed by atoms with Crippen molar-refractivity contribution in [2.24, 2.45) is 31.8 Å². The molecule has 2 aliphatic carbocycles. The van der Waals surface area contributed by atoms with Gasteiger partial charge < -0.3 is 9.88 Å². The molecule has 2 aliphatic rings. The molecule has 152 valence electrons. The van der Waals surface area contributed by atoms with E-state index in [9.17, 15) is 14.4 Å². The summed E-state index contributed by atoms with van der Waals surface area (Å²) in [6.07, 6.45) is 7.89. The molecule has 4 rings (SSSR count). The highest BCUT2D eigenvalue weighted by Gasteiger charge is 2.42. The number of fused-ring (bicyclic) bond motifs is 3. The molecule has 2 saturated carbocycles. The van der Waals surface area contributed by atoms with Crippen LogP contribution in [-0.4, -0.2) is 30.6 Å². The van der Waals surface area contributed by atoms with Gasteiger partial charge in [-0.25, -0.2) is 9.78 Å². The lowest BCUT2D eigenvalue weighted by Crippen LogP contribution is -2.40. The quantitative estimate of drug-likeness (QED) is 0.805. The number of hydrogen-bond acceptors (Lipinski definition) is 4. The second kappa shape index (κ2) is 7.22. The van der Waals surface area contributed by atoms with Crippen molar-refractivity contribution in [2.75, 3.05) is 0 Å². The predicted molar refractivity (Wildman–Crippen MR) is 106 cm³/mol. The van der Waals surface area contributed by atoms with E-state index in [1.54, 1.807) is 17.9 Å². The maximum absolute atomic E-state index is 12.4. The van der Waals surface area contributed by atoms with Gasteiger partial charge in [0.05, 0.1) is 6.33 Å². The summed E-state index contributed by atoms with van der Waals surface area (Å²) in [6, 6.07) is 0.235. The Labute approximate surface area is 163 Å². The van der Waals surface area contributed by atoms with Gasteiger partial charge >= 0.3 is 5.69 Å². The molecule has 8 heteroatoms. The Morgan fingerprint density at radius 2 is 2.04 bits per heavy atom. The third kappa shape index (κ3) is 3.18. The summed E-state index contributed by atoms with van der Waals surface area (Å²) in [5, 5.41) is 3.19. The molecule has 0 aromatic carbocycles. The van der Waals surface area contributed by atoms with Crippen molar-refractivity contribution in [1.29, 1.82) is 0 Å². The Balaban J connectivity index is 1.36. The first-order valence-electron chi connectivity index (χ1n) is 10.3. The van der Waals surface area contributed by atoms with Gasteiger partial charge in [0.1, 0.15) is 0 Å². The van der Waals surface area contributed by atoms with Crippen LogP contribution in [0.3, 0.4) is 0 Å². The topological polar surface area (TPSA) is 90.9 Å². The molecule has 4 atom stereocenters. The van der Waals surface area contributed by atoms with Crippen molar-refractivity contribution >= 4 is 17.1 Å². The highest BCUT2D eigenvalue weighted by Crippen LogP contribution is 2.49. The van der Waals surface area contributed by atoms with Crippen LogP contribution in [0.1, 0.15) is 45.4 Å². The first-order chi connectivity index (χ1) is 13.4. The monoisotopic (exact) mass is 387 g/mol. The Morgan fingerprint density at radius 1 is 1.25 bits per heavy atom. The summed E-state index contributed by atoms with van der Waals surface area (Å²) in [4.78, 5) is 41.0. The minimum atomic E-state index is -0.392. The number of nitrogens with one attached hydrogen (secondary N) is 1. The zero-order valence-corrected chi connectivity index (χ0v) is 16.9. The van der Waals surface area contributed by atoms with Crippen LogP contribution in [0, 0.1) is 17.8 Å². The summed E-state index contributed by atoms with van der Waals surface area (Å²) in [5.41, 5.74) is 0.0320. The molecular formula is C20H29N5O3. The Morgan fingerprint density at radius 3 is 2.71 bits per heavy atom. The lowest BCUT2D eigenvalue weighted by atomic mass is 9.84. The van der Waals surface area contributed by atoms with Crippen LogP contribution in [0.2, 0.25) is 0 Å². The SMILES string of the molecule is C[C@@H](NC(=O)CCCn1cnc2c1c(=O)n(C)c(=O)n2C)[C@H]1C[C@H]2CC[C@H]1C2. The lowest BCUT2D eigenvalue weighted by molar-refractivity contribution is -0.122. The summed E-state index contributed by atoms with van der Waals surface area (Å²) in [5.74, 6) is 2.37. The fourth-order valence-corrected chi connectivity index (χ4v) is 5.32. The van der Waals surface area contributed by atoms with E-state index < -0.39 is 5.69 Å². The van der Waals surface area contributed by atoms with E-state index in [1.807, 2.05) is 0 Å². The number of carbonyl (C=O) groups is 1. The number of amides is 1. The van der Waals surface area contributed by atoms with Gasteiger partial charge in [-0.05, 0) is 50.4 Å². The highest BCUT2D eigenvalue weighted by molar-refractivity contribution is 5.76. The second-order valence-corrected chi connectivity index (χ2v) is 8.61. The molecule has 28 heavy (non-hydrogen) atoms. The minimum absolute atomic E-state index is 0.0694. The van der Waals surface area contributed by atoms with Gasteiger partial charge in [0, 0.05) is 33.1 Å². The van der Waals surface area contributed by atoms with Gasteiger partial charge in [-0.15, -0.1) is 0 Å². The lowest BCUT2D eigenvalue weighted by Gasteiger charge is -2.28. The average molecular weight is 387 g/mol. The molecule has 0 saturated heterocycles. The van der Waals surface area contributed by atoms with Crippen LogP contribution >= 0.6 is 0 Å². The number of hydrogen-bond donors (Lipinski definition) is 1. The molecule has 8 nitrogen and oxygen atoms in total. The van der Waals surface area contributed by atoms with Gasteiger partial charge in [-0.3, -0.25) is 18.7 Å². The van der Waals surface area contributed by atoms with Gasteiger partial charge in [-0.1, -0.05) is 6.42 Å². The maximum atomic E-state index is 12.4. The first-order valence-corrected chi connectivity index (χ1v) is 10.3. The van der Waals surface area contributed by atoms with E-state index in [-0.39, 0.29) is 17.5 Å². The van der Waals surface area contributed by atoms with Gasteiger partial charge in [0.2, 0.25) is 5.91 Å². The van der Waals surface area contributed by atoms with E-state index in [1.165, 1.54) is 37.3 Å². The van der Waals surface area contributed by atoms with E-state index in [2.05, 4.69) is 17.2 Å². The van der Waals surface area contributed by atoms with E-state index >= 15 is 0 Å². The molecule has 2 aromatic heterocycles. The highest BCUT2D eigenvalue weighted by atomic mass is 16.2. The second-order valence-electron chi connectivity index (χ2n) is 8.61. The normalized spacial score (nSPS) is 24.8. The van der Waals surface area contributed by atoms with Crippen LogP contribution in [0.4, 0.5) is 0 Å². The molecule has 0 unspecified atom stereocenters. The fraction of sp³-hybridized carbons (Fsp3) is 0.700. The molecular weight excluding hydrogens is 358 g/mol. The van der Waals surface area contributed by atoms with Crippen molar-refractivity contribution < 1.29 is 4.79 Å². The molecule has 2 aromatic rings. The molecule has 2 fully saturated rings. The number of imidazole rings is 1. The van der Waals surface area contributed by atoms with Crippen molar-refractivity contribution in [2.45, 2.75) is 58.0 Å². The number of aromatic nitrogens is 4. The number of aryl methyl sites for hydroxylation is 2. The zero-order chi connectivity index (χ0) is 20.0. The smallest absolute Gasteiger partial charge is 0.332 e. The third-order valence-electron chi connectivity index (χ3n) is 6.84. The third-order valence-corrected chi connectivity index (χ3v) is 6.84. The Bertz CT molecular complexity index is 1020. The largest absolute Gasteiger partial charge is 0.353 e. The van der Waals surface area contributed by atoms with E-state index in [0.717, 1.165) is 16.4 Å². The molecule has 2 heterocycles. The molecule has 1 N–H and O–H groups in total. The van der Waals surface area contributed by atoms with Crippen LogP contribution in [-0.2, 0) is 25.4 Å². The van der Waals surface area contributed by atoms with Crippen LogP contribution in [0.15, 0.2) is 15.9 Å². The maximum Gasteiger partial charge on any atom is 0.332 e. The molecule has 0 aliphatic heterocycles. The standard InChI is InChI=1S/C20H29N5O3/c1-12(15-10-13-6-7-14(15)9-13)22-16(26)5-4-8-25-11-21-18-17(25)19(27)24(3)20(28)23(18)2/h11-15H,4-10H2,1-3H3,(H,22,26)/t12-,13+,14+,15-/m1/s1. The minimum Gasteiger partial charge on any atom is -0.353 e. The number of nitrogens with zero attached hydrogens (tertiary/aromatic N) is 4. The Hall–Kier alpha value is -2.38. The van der Waals surface area contributed by atoms with Gasteiger partial charge in [0.15, 0.2) is 11.2 Å². The fourth-order valence-electron chi connectivity index (χ4n) is 5.32. The van der Waals surface area contributed by atoms with E-state index in [0.29, 0.717) is 36.5 Å². The first kappa shape index (κ1) is 19.0. The van der Waals surface area contributed by atoms with E-state index in [4.69, 9.17) is 0 Å². The van der Waals surface area contributed by atoms with Crippen LogP contribution in [0.5, 0.6) is 0 Å².